The molecule has 0 bridgehead atoms. The Balaban J connectivity index is 1.48. The SMILES string of the molecule is COc1cc(/C=C/C(=O)Nc2ccc3c(c2)C(=O)NC3)ccc1OS(=O)(=O)c1cc(C)ccc1C. The molecular formula is C26H24N2O6S. The number of hydrogen-bond donors (Lipinski definition) is 2. The Morgan fingerprint density at radius 3 is 2.60 bits per heavy atom. The molecule has 0 saturated carbocycles. The average molecular weight is 493 g/mol. The monoisotopic (exact) mass is 492 g/mol. The fourth-order valence-electron chi connectivity index (χ4n) is 3.64. The van der Waals surface area contributed by atoms with Gasteiger partial charge in [-0.2, -0.15) is 8.42 Å². The van der Waals surface area contributed by atoms with Crippen LogP contribution < -0.4 is 19.6 Å². The van der Waals surface area contributed by atoms with E-state index >= 15 is 0 Å². The summed E-state index contributed by atoms with van der Waals surface area (Å²) in [5.74, 6) is -0.321. The molecule has 0 aliphatic carbocycles. The zero-order valence-electron chi connectivity index (χ0n) is 19.4. The molecule has 0 spiro atoms. The fourth-order valence-corrected chi connectivity index (χ4v) is 4.90. The molecular weight excluding hydrogens is 468 g/mol. The molecule has 35 heavy (non-hydrogen) atoms. The molecule has 9 heteroatoms. The molecule has 1 aliphatic heterocycles. The van der Waals surface area contributed by atoms with Crippen LogP contribution >= 0.6 is 0 Å². The van der Waals surface area contributed by atoms with Gasteiger partial charge in [0.15, 0.2) is 11.5 Å². The largest absolute Gasteiger partial charge is 0.493 e. The van der Waals surface area contributed by atoms with E-state index in [0.717, 1.165) is 11.1 Å². The summed E-state index contributed by atoms with van der Waals surface area (Å²) in [4.78, 5) is 24.2. The molecule has 1 heterocycles. The van der Waals surface area contributed by atoms with Crippen LogP contribution in [-0.4, -0.2) is 27.3 Å². The highest BCUT2D eigenvalue weighted by Crippen LogP contribution is 2.32. The van der Waals surface area contributed by atoms with Crippen molar-refractivity contribution in [1.82, 2.24) is 5.32 Å². The lowest BCUT2D eigenvalue weighted by Crippen LogP contribution is -2.13. The maximum atomic E-state index is 12.8. The lowest BCUT2D eigenvalue weighted by molar-refractivity contribution is -0.111. The molecule has 0 radical (unpaired) electrons. The van der Waals surface area contributed by atoms with Gasteiger partial charge in [0.1, 0.15) is 4.90 Å². The summed E-state index contributed by atoms with van der Waals surface area (Å²) in [7, 11) is -2.67. The van der Waals surface area contributed by atoms with Gasteiger partial charge in [0.2, 0.25) is 5.91 Å². The number of carbonyl (C=O) groups excluding carboxylic acids is 2. The molecule has 3 aromatic rings. The highest BCUT2D eigenvalue weighted by atomic mass is 32.2. The quantitative estimate of drug-likeness (QED) is 0.381. The van der Waals surface area contributed by atoms with E-state index in [2.05, 4.69) is 10.6 Å². The zero-order chi connectivity index (χ0) is 25.2. The molecule has 8 nitrogen and oxygen atoms in total. The van der Waals surface area contributed by atoms with E-state index < -0.39 is 10.1 Å². The minimum absolute atomic E-state index is 0.0337. The summed E-state index contributed by atoms with van der Waals surface area (Å²) in [5, 5.41) is 5.45. The van der Waals surface area contributed by atoms with E-state index in [4.69, 9.17) is 8.92 Å². The van der Waals surface area contributed by atoms with Gasteiger partial charge in [0.25, 0.3) is 5.91 Å². The number of amides is 2. The van der Waals surface area contributed by atoms with Crippen LogP contribution in [0.2, 0.25) is 0 Å². The number of carbonyl (C=O) groups is 2. The number of nitrogens with one attached hydrogen (secondary N) is 2. The topological polar surface area (TPSA) is 111 Å². The van der Waals surface area contributed by atoms with Crippen LogP contribution in [-0.2, 0) is 21.5 Å². The predicted octanol–water partition coefficient (Wildman–Crippen LogP) is 3.98. The van der Waals surface area contributed by atoms with Crippen LogP contribution in [0.25, 0.3) is 6.08 Å². The summed E-state index contributed by atoms with van der Waals surface area (Å²) >= 11 is 0. The van der Waals surface area contributed by atoms with Crippen LogP contribution in [0.4, 0.5) is 5.69 Å². The Labute approximate surface area is 203 Å². The molecule has 0 saturated heterocycles. The van der Waals surface area contributed by atoms with Gasteiger partial charge in [-0.25, -0.2) is 0 Å². The first kappa shape index (κ1) is 24.0. The van der Waals surface area contributed by atoms with Crippen LogP contribution in [0.3, 0.4) is 0 Å². The van der Waals surface area contributed by atoms with E-state index in [1.54, 1.807) is 62.4 Å². The first-order valence-electron chi connectivity index (χ1n) is 10.8. The maximum absolute atomic E-state index is 12.8. The Hall–Kier alpha value is -4.11. The van der Waals surface area contributed by atoms with Gasteiger partial charge in [-0.1, -0.05) is 24.3 Å². The molecule has 1 aliphatic rings. The van der Waals surface area contributed by atoms with Crippen LogP contribution in [0.15, 0.2) is 65.6 Å². The molecule has 0 aromatic heterocycles. The Morgan fingerprint density at radius 1 is 1.03 bits per heavy atom. The molecule has 2 N–H and O–H groups in total. The number of anilines is 1. The van der Waals surface area contributed by atoms with Crippen molar-refractivity contribution in [3.8, 4) is 11.5 Å². The van der Waals surface area contributed by atoms with Gasteiger partial charge in [0, 0.05) is 23.9 Å². The second-order valence-electron chi connectivity index (χ2n) is 8.09. The smallest absolute Gasteiger partial charge is 0.339 e. The highest BCUT2D eigenvalue weighted by Gasteiger charge is 2.22. The molecule has 2 amide bonds. The molecule has 3 aromatic carbocycles. The lowest BCUT2D eigenvalue weighted by atomic mass is 10.1. The van der Waals surface area contributed by atoms with Crippen molar-refractivity contribution >= 4 is 33.7 Å². The van der Waals surface area contributed by atoms with Gasteiger partial charge >= 0.3 is 10.1 Å². The summed E-state index contributed by atoms with van der Waals surface area (Å²) in [5.41, 5.74) is 3.91. The summed E-state index contributed by atoms with van der Waals surface area (Å²) in [6, 6.07) is 14.9. The standard InChI is InChI=1S/C26H24N2O6S/c1-16-4-5-17(2)24(12-16)35(31,32)34-22-10-6-18(13-23(22)33-3)7-11-25(29)28-20-9-8-19-15-27-26(30)21(19)14-20/h4-14H,15H2,1-3H3,(H,27,30)(H,28,29)/b11-7+. The summed E-state index contributed by atoms with van der Waals surface area (Å²) in [6.45, 7) is 3.98. The van der Waals surface area contributed by atoms with Gasteiger partial charge in [-0.05, 0) is 72.5 Å². The van der Waals surface area contributed by atoms with Crippen LogP contribution in [0.5, 0.6) is 11.5 Å². The molecule has 4 rings (SSSR count). The average Bonchev–Trinajstić information content (AvgIpc) is 3.19. The number of aryl methyl sites for hydroxylation is 2. The van der Waals surface area contributed by atoms with E-state index in [9.17, 15) is 18.0 Å². The lowest BCUT2D eigenvalue weighted by Gasteiger charge is -2.13. The summed E-state index contributed by atoms with van der Waals surface area (Å²) in [6.07, 6.45) is 2.89. The second-order valence-corrected chi connectivity index (χ2v) is 9.61. The van der Waals surface area contributed by atoms with Crippen molar-refractivity contribution in [2.45, 2.75) is 25.3 Å². The van der Waals surface area contributed by atoms with Crippen molar-refractivity contribution in [3.63, 3.8) is 0 Å². The van der Waals surface area contributed by atoms with Gasteiger partial charge in [-0.3, -0.25) is 9.59 Å². The molecule has 0 atom stereocenters. The third-order valence-corrected chi connectivity index (χ3v) is 6.87. The minimum atomic E-state index is -4.07. The van der Waals surface area contributed by atoms with Crippen LogP contribution in [0, 0.1) is 13.8 Å². The third kappa shape index (κ3) is 5.36. The van der Waals surface area contributed by atoms with Crippen molar-refractivity contribution in [2.75, 3.05) is 12.4 Å². The molecule has 180 valence electrons. The first-order chi connectivity index (χ1) is 16.7. The Kier molecular flexibility index (Phi) is 6.61. The van der Waals surface area contributed by atoms with Crippen LogP contribution in [0.1, 0.15) is 32.6 Å². The third-order valence-electron chi connectivity index (χ3n) is 5.49. The fraction of sp³-hybridized carbons (Fsp3) is 0.154. The minimum Gasteiger partial charge on any atom is -0.493 e. The second kappa shape index (κ2) is 9.63. The number of rotatable bonds is 7. The number of hydrogen-bond acceptors (Lipinski definition) is 6. The van der Waals surface area contributed by atoms with E-state index in [1.807, 2.05) is 6.07 Å². The Bertz CT molecular complexity index is 1460. The van der Waals surface area contributed by atoms with Crippen molar-refractivity contribution in [2.24, 2.45) is 0 Å². The van der Waals surface area contributed by atoms with Gasteiger partial charge in [-0.15, -0.1) is 0 Å². The van der Waals surface area contributed by atoms with E-state index in [0.29, 0.717) is 28.9 Å². The normalized spacial score (nSPS) is 12.8. The number of benzene rings is 3. The van der Waals surface area contributed by atoms with Crippen molar-refractivity contribution < 1.29 is 26.9 Å². The number of fused-ring (bicyclic) bond motifs is 1. The Morgan fingerprint density at radius 2 is 1.83 bits per heavy atom. The first-order valence-corrected chi connectivity index (χ1v) is 12.2. The van der Waals surface area contributed by atoms with E-state index in [-0.39, 0.29) is 28.2 Å². The number of ether oxygens (including phenoxy) is 1. The predicted molar refractivity (Wildman–Crippen MR) is 132 cm³/mol. The van der Waals surface area contributed by atoms with Gasteiger partial charge in [0.05, 0.1) is 7.11 Å². The van der Waals surface area contributed by atoms with Gasteiger partial charge < -0.3 is 19.6 Å². The van der Waals surface area contributed by atoms with E-state index in [1.165, 1.54) is 19.3 Å². The number of methoxy groups -OCH3 is 1. The zero-order valence-corrected chi connectivity index (χ0v) is 20.2. The van der Waals surface area contributed by atoms with Crippen molar-refractivity contribution in [3.05, 3.63) is 88.5 Å². The maximum Gasteiger partial charge on any atom is 0.339 e. The summed E-state index contributed by atoms with van der Waals surface area (Å²) < 4.78 is 36.4. The molecule has 0 fully saturated rings. The molecule has 0 unspecified atom stereocenters. The van der Waals surface area contributed by atoms with Crippen molar-refractivity contribution in [1.29, 1.82) is 0 Å². The highest BCUT2D eigenvalue weighted by molar-refractivity contribution is 7.87.